The molecule has 0 saturated carbocycles. The van der Waals surface area contributed by atoms with Gasteiger partial charge in [-0.05, 0) is 30.5 Å². The molecule has 1 aromatic heterocycles. The number of nitrogens with zero attached hydrogens (tertiary/aromatic N) is 4. The molecule has 2 heterocycles. The van der Waals surface area contributed by atoms with Gasteiger partial charge in [-0.25, -0.2) is 9.97 Å². The second-order valence-electron chi connectivity index (χ2n) is 6.22. The number of benzene rings is 1. The number of nitriles is 1. The number of anilines is 1. The summed E-state index contributed by atoms with van der Waals surface area (Å²) in [6.45, 7) is 0.770. The van der Waals surface area contributed by atoms with Crippen LogP contribution in [-0.2, 0) is 17.4 Å². The van der Waals surface area contributed by atoms with Crippen molar-refractivity contribution in [1.29, 1.82) is 5.26 Å². The smallest absolute Gasteiger partial charge is 0.354 e. The first-order chi connectivity index (χ1) is 13.3. The van der Waals surface area contributed by atoms with Crippen LogP contribution in [0.1, 0.15) is 23.4 Å². The normalized spacial score (nSPS) is 16.2. The molecule has 28 heavy (non-hydrogen) atoms. The van der Waals surface area contributed by atoms with Gasteiger partial charge in [0, 0.05) is 19.2 Å². The maximum absolute atomic E-state index is 12.9. The summed E-state index contributed by atoms with van der Waals surface area (Å²) < 4.78 is 38.6. The molecule has 1 atom stereocenters. The number of amides is 1. The number of halogens is 4. The molecule has 10 heteroatoms. The van der Waals surface area contributed by atoms with Gasteiger partial charge in [0.05, 0.1) is 11.6 Å². The van der Waals surface area contributed by atoms with Crippen molar-refractivity contribution in [2.24, 2.45) is 0 Å². The van der Waals surface area contributed by atoms with E-state index in [9.17, 15) is 18.0 Å². The summed E-state index contributed by atoms with van der Waals surface area (Å²) in [4.78, 5) is 20.5. The summed E-state index contributed by atoms with van der Waals surface area (Å²) in [6.07, 6.45) is -3.64. The van der Waals surface area contributed by atoms with E-state index in [1.807, 2.05) is 18.2 Å². The van der Waals surface area contributed by atoms with Crippen molar-refractivity contribution in [2.75, 3.05) is 18.0 Å². The average molecular weight is 410 g/mol. The van der Waals surface area contributed by atoms with Crippen molar-refractivity contribution in [1.82, 2.24) is 15.3 Å². The Morgan fingerprint density at radius 2 is 2.04 bits per heavy atom. The van der Waals surface area contributed by atoms with Crippen molar-refractivity contribution in [2.45, 2.75) is 25.1 Å². The molecular formula is C18H15ClF3N5O. The molecule has 3 rings (SSSR count). The van der Waals surface area contributed by atoms with Gasteiger partial charge in [-0.2, -0.15) is 18.4 Å². The Morgan fingerprint density at radius 1 is 1.32 bits per heavy atom. The molecule has 1 fully saturated rings. The summed E-state index contributed by atoms with van der Waals surface area (Å²) in [6, 6.07) is 9.65. The largest absolute Gasteiger partial charge is 0.451 e. The van der Waals surface area contributed by atoms with Crippen molar-refractivity contribution < 1.29 is 18.0 Å². The molecular weight excluding hydrogens is 395 g/mol. The Morgan fingerprint density at radius 3 is 2.61 bits per heavy atom. The Hall–Kier alpha value is -2.86. The second-order valence-corrected chi connectivity index (χ2v) is 6.61. The molecule has 1 aromatic carbocycles. The van der Waals surface area contributed by atoms with Crippen LogP contribution in [0.5, 0.6) is 0 Å². The molecule has 0 bridgehead atoms. The van der Waals surface area contributed by atoms with Gasteiger partial charge in [0.25, 0.3) is 0 Å². The average Bonchev–Trinajstić information content (AvgIpc) is 2.60. The van der Waals surface area contributed by atoms with Crippen molar-refractivity contribution in [3.8, 4) is 6.07 Å². The lowest BCUT2D eigenvalue weighted by atomic mass is 10.0. The van der Waals surface area contributed by atoms with Crippen LogP contribution in [0.4, 0.5) is 19.0 Å². The van der Waals surface area contributed by atoms with Crippen molar-refractivity contribution in [3.63, 3.8) is 0 Å². The lowest BCUT2D eigenvalue weighted by Crippen LogP contribution is -2.57. The number of nitrogens with one attached hydrogen (secondary N) is 1. The third-order valence-electron chi connectivity index (χ3n) is 4.35. The minimum atomic E-state index is -4.72. The summed E-state index contributed by atoms with van der Waals surface area (Å²) >= 11 is 5.68. The second kappa shape index (κ2) is 8.02. The number of rotatable bonds is 5. The van der Waals surface area contributed by atoms with Crippen LogP contribution in [0.25, 0.3) is 0 Å². The van der Waals surface area contributed by atoms with Gasteiger partial charge in [-0.3, -0.25) is 4.79 Å². The molecule has 0 radical (unpaired) electrons. The first-order valence-electron chi connectivity index (χ1n) is 8.43. The standard InChI is InChI=1S/C18H15ClF3N5O/c19-14-9-15(26-17(25-14)18(20,21)22)27-8-6-13(27)16(28)24-7-5-11-1-3-12(10-23)4-2-11/h1-4,9,13H,5-8H2,(H,24,28). The molecule has 2 aromatic rings. The van der Waals surface area contributed by atoms with Gasteiger partial charge in [0.1, 0.15) is 17.0 Å². The van der Waals surface area contributed by atoms with Gasteiger partial charge in [0.2, 0.25) is 11.7 Å². The van der Waals surface area contributed by atoms with Gasteiger partial charge in [-0.15, -0.1) is 0 Å². The molecule has 146 valence electrons. The Labute approximate surface area is 164 Å². The van der Waals surface area contributed by atoms with E-state index in [1.165, 1.54) is 11.0 Å². The first-order valence-corrected chi connectivity index (χ1v) is 8.81. The maximum Gasteiger partial charge on any atom is 0.451 e. The molecule has 1 saturated heterocycles. The number of carbonyl (C=O) groups excluding carboxylic acids is 1. The van der Waals surface area contributed by atoms with E-state index in [1.54, 1.807) is 12.1 Å². The molecule has 0 aliphatic carbocycles. The zero-order chi connectivity index (χ0) is 20.3. The van der Waals surface area contributed by atoms with Crippen LogP contribution in [-0.4, -0.2) is 35.0 Å². The van der Waals surface area contributed by atoms with Gasteiger partial charge in [0.15, 0.2) is 0 Å². The minimum absolute atomic E-state index is 0.0224. The number of aromatic nitrogens is 2. The molecule has 1 aliphatic rings. The Kier molecular flexibility index (Phi) is 5.70. The van der Waals surface area contributed by atoms with E-state index < -0.39 is 18.0 Å². The molecule has 1 amide bonds. The third-order valence-corrected chi connectivity index (χ3v) is 4.54. The van der Waals surface area contributed by atoms with E-state index in [2.05, 4.69) is 15.3 Å². The fourth-order valence-corrected chi connectivity index (χ4v) is 2.99. The lowest BCUT2D eigenvalue weighted by molar-refractivity contribution is -0.144. The monoisotopic (exact) mass is 409 g/mol. The Balaban J connectivity index is 1.59. The highest BCUT2D eigenvalue weighted by Crippen LogP contribution is 2.32. The van der Waals surface area contributed by atoms with Crippen molar-refractivity contribution >= 4 is 23.3 Å². The van der Waals surface area contributed by atoms with Gasteiger partial charge < -0.3 is 10.2 Å². The van der Waals surface area contributed by atoms with E-state index in [-0.39, 0.29) is 16.9 Å². The van der Waals surface area contributed by atoms with Crippen LogP contribution >= 0.6 is 11.6 Å². The van der Waals surface area contributed by atoms with Crippen molar-refractivity contribution in [3.05, 3.63) is 52.4 Å². The quantitative estimate of drug-likeness (QED) is 0.768. The Bertz CT molecular complexity index is 911. The molecule has 1 aliphatic heterocycles. The van der Waals surface area contributed by atoms with Crippen LogP contribution in [0, 0.1) is 11.3 Å². The number of hydrogen-bond donors (Lipinski definition) is 1. The number of carbonyl (C=O) groups is 1. The van der Waals surface area contributed by atoms with E-state index in [4.69, 9.17) is 16.9 Å². The number of alkyl halides is 3. The molecule has 6 nitrogen and oxygen atoms in total. The number of hydrogen-bond acceptors (Lipinski definition) is 5. The highest BCUT2D eigenvalue weighted by atomic mass is 35.5. The van der Waals surface area contributed by atoms with Crippen LogP contribution < -0.4 is 10.2 Å². The molecule has 1 unspecified atom stereocenters. The zero-order valence-corrected chi connectivity index (χ0v) is 15.3. The van der Waals surface area contributed by atoms with E-state index in [0.717, 1.165) is 5.56 Å². The summed E-state index contributed by atoms with van der Waals surface area (Å²) in [5, 5.41) is 11.2. The highest BCUT2D eigenvalue weighted by Gasteiger charge is 2.39. The third kappa shape index (κ3) is 4.51. The van der Waals surface area contributed by atoms with Crippen LogP contribution in [0.15, 0.2) is 30.3 Å². The van der Waals surface area contributed by atoms with Gasteiger partial charge >= 0.3 is 6.18 Å². The fourth-order valence-electron chi connectivity index (χ4n) is 2.81. The van der Waals surface area contributed by atoms with Crippen LogP contribution in [0.3, 0.4) is 0 Å². The van der Waals surface area contributed by atoms with E-state index >= 15 is 0 Å². The first kappa shape index (κ1) is 19.9. The maximum atomic E-state index is 12.9. The topological polar surface area (TPSA) is 81.9 Å². The summed E-state index contributed by atoms with van der Waals surface area (Å²) in [5.74, 6) is -1.64. The summed E-state index contributed by atoms with van der Waals surface area (Å²) in [5.41, 5.74) is 1.52. The van der Waals surface area contributed by atoms with E-state index in [0.29, 0.717) is 31.5 Å². The van der Waals surface area contributed by atoms with Crippen LogP contribution in [0.2, 0.25) is 5.15 Å². The molecule has 1 N–H and O–H groups in total. The van der Waals surface area contributed by atoms with Gasteiger partial charge in [-0.1, -0.05) is 23.7 Å². The zero-order valence-electron chi connectivity index (χ0n) is 14.5. The molecule has 0 spiro atoms. The summed E-state index contributed by atoms with van der Waals surface area (Å²) in [7, 11) is 0. The highest BCUT2D eigenvalue weighted by molar-refractivity contribution is 6.29. The fraction of sp³-hybridized carbons (Fsp3) is 0.333. The SMILES string of the molecule is N#Cc1ccc(CCNC(=O)C2CCN2c2cc(Cl)nc(C(F)(F)F)n2)cc1. The predicted molar refractivity (Wildman–Crippen MR) is 95.7 cm³/mol. The predicted octanol–water partition coefficient (Wildman–Crippen LogP) is 2.96. The lowest BCUT2D eigenvalue weighted by Gasteiger charge is -2.40. The minimum Gasteiger partial charge on any atom is -0.354 e.